The summed E-state index contributed by atoms with van der Waals surface area (Å²) in [5.41, 5.74) is 9.12. The van der Waals surface area contributed by atoms with Gasteiger partial charge >= 0.3 is 0 Å². The van der Waals surface area contributed by atoms with Crippen molar-refractivity contribution in [3.05, 3.63) is 58.1 Å². The molecule has 0 aliphatic heterocycles. The molecule has 0 heterocycles. The van der Waals surface area contributed by atoms with E-state index in [0.29, 0.717) is 11.6 Å². The maximum atomic E-state index is 6.01. The van der Waals surface area contributed by atoms with Crippen molar-refractivity contribution in [1.82, 2.24) is 0 Å². The summed E-state index contributed by atoms with van der Waals surface area (Å²) in [5.74, 6) is 1.65. The van der Waals surface area contributed by atoms with Crippen LogP contribution in [0.15, 0.2) is 36.4 Å². The molecule has 0 fully saturated rings. The Hall–Kier alpha value is -1.51. The van der Waals surface area contributed by atoms with Gasteiger partial charge < -0.3 is 10.5 Å². The van der Waals surface area contributed by atoms with Crippen LogP contribution in [0.1, 0.15) is 16.7 Å². The first-order chi connectivity index (χ1) is 9.10. The molecule has 0 bridgehead atoms. The number of rotatable bonds is 4. The molecular formula is C16H18ClNO. The quantitative estimate of drug-likeness (QED) is 0.905. The fourth-order valence-corrected chi connectivity index (χ4v) is 2.10. The minimum atomic E-state index is 0.573. The van der Waals surface area contributed by atoms with Gasteiger partial charge in [0.2, 0.25) is 0 Å². The van der Waals surface area contributed by atoms with Crippen LogP contribution in [0.3, 0.4) is 0 Å². The van der Waals surface area contributed by atoms with Crippen LogP contribution in [0.4, 0.5) is 0 Å². The monoisotopic (exact) mass is 275 g/mol. The van der Waals surface area contributed by atoms with Crippen LogP contribution >= 0.6 is 11.6 Å². The summed E-state index contributed by atoms with van der Waals surface area (Å²) in [4.78, 5) is 0. The Morgan fingerprint density at radius 3 is 2.53 bits per heavy atom. The summed E-state index contributed by atoms with van der Waals surface area (Å²) in [5, 5.41) is 0.705. The Morgan fingerprint density at radius 1 is 1.05 bits per heavy atom. The van der Waals surface area contributed by atoms with Gasteiger partial charge in [0, 0.05) is 5.02 Å². The Kier molecular flexibility index (Phi) is 4.46. The molecule has 2 aromatic rings. The van der Waals surface area contributed by atoms with Gasteiger partial charge in [0.25, 0.3) is 0 Å². The van der Waals surface area contributed by atoms with Gasteiger partial charge in [-0.05, 0) is 73.8 Å². The fourth-order valence-electron chi connectivity index (χ4n) is 1.90. The van der Waals surface area contributed by atoms with E-state index in [4.69, 9.17) is 22.1 Å². The molecule has 0 aliphatic carbocycles. The first kappa shape index (κ1) is 13.9. The first-order valence-corrected chi connectivity index (χ1v) is 6.71. The lowest BCUT2D eigenvalue weighted by atomic mass is 10.1. The Balaban J connectivity index is 2.29. The van der Waals surface area contributed by atoms with Crippen LogP contribution in [-0.2, 0) is 6.42 Å². The smallest absolute Gasteiger partial charge is 0.130 e. The standard InChI is InChI=1S/C16H18ClNO/c1-11-3-5-15(9-12(11)2)19-16-6-4-14(17)10-13(16)7-8-18/h3-6,9-10H,7-8,18H2,1-2H3. The summed E-state index contributed by atoms with van der Waals surface area (Å²) in [7, 11) is 0. The van der Waals surface area contributed by atoms with Gasteiger partial charge in [-0.3, -0.25) is 0 Å². The van der Waals surface area contributed by atoms with Crippen LogP contribution < -0.4 is 10.5 Å². The van der Waals surface area contributed by atoms with Gasteiger partial charge in [-0.2, -0.15) is 0 Å². The molecule has 0 unspecified atom stereocenters. The average Bonchev–Trinajstić information content (AvgIpc) is 2.37. The second kappa shape index (κ2) is 6.09. The van der Waals surface area contributed by atoms with E-state index in [1.54, 1.807) is 0 Å². The van der Waals surface area contributed by atoms with Crippen molar-refractivity contribution in [2.45, 2.75) is 20.3 Å². The SMILES string of the molecule is Cc1ccc(Oc2ccc(Cl)cc2CCN)cc1C. The van der Waals surface area contributed by atoms with Gasteiger partial charge in [-0.1, -0.05) is 17.7 Å². The predicted octanol–water partition coefficient (Wildman–Crippen LogP) is 4.25. The predicted molar refractivity (Wildman–Crippen MR) is 80.2 cm³/mol. The summed E-state index contributed by atoms with van der Waals surface area (Å²) in [6, 6.07) is 11.7. The van der Waals surface area contributed by atoms with Crippen LogP contribution in [0.2, 0.25) is 5.02 Å². The van der Waals surface area contributed by atoms with E-state index < -0.39 is 0 Å². The number of ether oxygens (including phenoxy) is 1. The topological polar surface area (TPSA) is 35.2 Å². The van der Waals surface area contributed by atoms with E-state index in [-0.39, 0.29) is 0 Å². The third-order valence-corrected chi connectivity index (χ3v) is 3.38. The molecule has 0 atom stereocenters. The van der Waals surface area contributed by atoms with E-state index in [2.05, 4.69) is 19.9 Å². The van der Waals surface area contributed by atoms with Crippen molar-refractivity contribution in [1.29, 1.82) is 0 Å². The molecule has 0 aromatic heterocycles. The maximum Gasteiger partial charge on any atom is 0.130 e. The molecule has 19 heavy (non-hydrogen) atoms. The normalized spacial score (nSPS) is 10.5. The van der Waals surface area contributed by atoms with Crippen LogP contribution in [0.25, 0.3) is 0 Å². The lowest BCUT2D eigenvalue weighted by Crippen LogP contribution is -2.04. The fraction of sp³-hybridized carbons (Fsp3) is 0.250. The number of hydrogen-bond acceptors (Lipinski definition) is 2. The molecule has 0 saturated carbocycles. The molecule has 3 heteroatoms. The van der Waals surface area contributed by atoms with Crippen molar-refractivity contribution < 1.29 is 4.74 Å². The zero-order valence-electron chi connectivity index (χ0n) is 11.2. The largest absolute Gasteiger partial charge is 0.457 e. The third kappa shape index (κ3) is 3.49. The highest BCUT2D eigenvalue weighted by molar-refractivity contribution is 6.30. The van der Waals surface area contributed by atoms with Crippen LogP contribution in [0, 0.1) is 13.8 Å². The second-order valence-electron chi connectivity index (χ2n) is 4.64. The lowest BCUT2D eigenvalue weighted by Gasteiger charge is -2.12. The Morgan fingerprint density at radius 2 is 1.84 bits per heavy atom. The molecule has 0 amide bonds. The molecule has 2 N–H and O–H groups in total. The molecule has 0 aliphatic rings. The van der Waals surface area contributed by atoms with Crippen LogP contribution in [-0.4, -0.2) is 6.54 Å². The molecule has 0 radical (unpaired) electrons. The molecule has 2 nitrogen and oxygen atoms in total. The van der Waals surface area contributed by atoms with E-state index in [9.17, 15) is 0 Å². The Labute approximate surface area is 119 Å². The summed E-state index contributed by atoms with van der Waals surface area (Å²) in [6.07, 6.45) is 0.751. The lowest BCUT2D eigenvalue weighted by molar-refractivity contribution is 0.475. The highest BCUT2D eigenvalue weighted by Gasteiger charge is 2.06. The minimum absolute atomic E-state index is 0.573. The summed E-state index contributed by atoms with van der Waals surface area (Å²) >= 11 is 6.01. The number of halogens is 1. The van der Waals surface area contributed by atoms with E-state index in [0.717, 1.165) is 23.5 Å². The number of hydrogen-bond donors (Lipinski definition) is 1. The van der Waals surface area contributed by atoms with Gasteiger partial charge in [0.05, 0.1) is 0 Å². The van der Waals surface area contributed by atoms with Gasteiger partial charge in [0.1, 0.15) is 11.5 Å². The van der Waals surface area contributed by atoms with Gasteiger partial charge in [-0.15, -0.1) is 0 Å². The zero-order valence-corrected chi connectivity index (χ0v) is 12.0. The van der Waals surface area contributed by atoms with Gasteiger partial charge in [0.15, 0.2) is 0 Å². The molecule has 100 valence electrons. The number of benzene rings is 2. The molecule has 0 saturated heterocycles. The highest BCUT2D eigenvalue weighted by atomic mass is 35.5. The molecular weight excluding hydrogens is 258 g/mol. The molecule has 0 spiro atoms. The maximum absolute atomic E-state index is 6.01. The third-order valence-electron chi connectivity index (χ3n) is 3.14. The molecule has 2 rings (SSSR count). The van der Waals surface area contributed by atoms with Crippen molar-refractivity contribution in [2.24, 2.45) is 5.73 Å². The second-order valence-corrected chi connectivity index (χ2v) is 5.08. The van der Waals surface area contributed by atoms with Crippen molar-refractivity contribution in [3.63, 3.8) is 0 Å². The van der Waals surface area contributed by atoms with Crippen molar-refractivity contribution in [3.8, 4) is 11.5 Å². The van der Waals surface area contributed by atoms with Crippen molar-refractivity contribution >= 4 is 11.6 Å². The first-order valence-electron chi connectivity index (χ1n) is 6.34. The summed E-state index contributed by atoms with van der Waals surface area (Å²) < 4.78 is 5.94. The summed E-state index contributed by atoms with van der Waals surface area (Å²) in [6.45, 7) is 4.73. The van der Waals surface area contributed by atoms with Crippen LogP contribution in [0.5, 0.6) is 11.5 Å². The number of nitrogens with two attached hydrogens (primary N) is 1. The number of aryl methyl sites for hydroxylation is 2. The molecule has 2 aromatic carbocycles. The minimum Gasteiger partial charge on any atom is -0.457 e. The van der Waals surface area contributed by atoms with E-state index >= 15 is 0 Å². The van der Waals surface area contributed by atoms with Crippen molar-refractivity contribution in [2.75, 3.05) is 6.54 Å². The zero-order chi connectivity index (χ0) is 13.8. The van der Waals surface area contributed by atoms with E-state index in [1.807, 2.05) is 30.3 Å². The van der Waals surface area contributed by atoms with Gasteiger partial charge in [-0.25, -0.2) is 0 Å². The Bertz CT molecular complexity index is 581. The van der Waals surface area contributed by atoms with E-state index in [1.165, 1.54) is 11.1 Å². The highest BCUT2D eigenvalue weighted by Crippen LogP contribution is 2.29. The average molecular weight is 276 g/mol.